The van der Waals surface area contributed by atoms with Crippen LogP contribution in [0.2, 0.25) is 0 Å². The van der Waals surface area contributed by atoms with E-state index >= 15 is 0 Å². The summed E-state index contributed by atoms with van der Waals surface area (Å²) in [5.74, 6) is -1.18. The fourth-order valence-corrected chi connectivity index (χ4v) is 1.79. The molecule has 0 bridgehead atoms. The number of aliphatic carboxylic acids is 1. The van der Waals surface area contributed by atoms with E-state index in [-0.39, 0.29) is 5.75 Å². The molecule has 0 spiro atoms. The zero-order chi connectivity index (χ0) is 11.4. The minimum atomic E-state index is -2.47. The van der Waals surface area contributed by atoms with Gasteiger partial charge in [-0.05, 0) is 6.92 Å². The third kappa shape index (κ3) is 3.50. The van der Waals surface area contributed by atoms with Gasteiger partial charge in [0.15, 0.2) is 5.16 Å². The number of hydrogen-bond acceptors (Lipinski definition) is 3. The largest absolute Gasteiger partial charge is 0.481 e. The Morgan fingerprint density at radius 3 is 2.93 bits per heavy atom. The normalized spacial score (nSPS) is 10.9. The highest BCUT2D eigenvalue weighted by Crippen LogP contribution is 2.19. The van der Waals surface area contributed by atoms with Gasteiger partial charge in [0, 0.05) is 11.9 Å². The van der Waals surface area contributed by atoms with Gasteiger partial charge in [0.1, 0.15) is 0 Å². The Balaban J connectivity index is 2.74. The lowest BCUT2D eigenvalue weighted by atomic mass is 10.5. The molecule has 15 heavy (non-hydrogen) atoms. The van der Waals surface area contributed by atoms with Crippen LogP contribution in [0.25, 0.3) is 0 Å². The number of aromatic nitrogens is 2. The number of thioether (sulfide) groups is 1. The van der Waals surface area contributed by atoms with Crippen molar-refractivity contribution in [2.75, 3.05) is 5.75 Å². The van der Waals surface area contributed by atoms with Crippen LogP contribution in [0.5, 0.6) is 0 Å². The van der Waals surface area contributed by atoms with Crippen molar-refractivity contribution in [3.05, 3.63) is 11.9 Å². The Hall–Kier alpha value is -1.11. The van der Waals surface area contributed by atoms with Crippen LogP contribution in [-0.2, 0) is 11.3 Å². The first-order valence-electron chi connectivity index (χ1n) is 4.15. The number of carbonyl (C=O) groups is 1. The average Bonchev–Trinajstić information content (AvgIpc) is 2.44. The van der Waals surface area contributed by atoms with Gasteiger partial charge in [0.2, 0.25) is 0 Å². The van der Waals surface area contributed by atoms with Crippen LogP contribution in [0, 0.1) is 6.92 Å². The van der Waals surface area contributed by atoms with Gasteiger partial charge in [-0.2, -0.15) is 0 Å². The van der Waals surface area contributed by atoms with Crippen LogP contribution >= 0.6 is 11.8 Å². The molecule has 0 unspecified atom stereocenters. The van der Waals surface area contributed by atoms with E-state index in [1.807, 2.05) is 0 Å². The maximum atomic E-state index is 12.2. The summed E-state index contributed by atoms with van der Waals surface area (Å²) in [6.45, 7) is 1.20. The molecule has 0 saturated carbocycles. The summed E-state index contributed by atoms with van der Waals surface area (Å²) in [5, 5.41) is 8.76. The Bertz CT molecular complexity index is 354. The molecule has 7 heteroatoms. The minimum absolute atomic E-state index is 0.181. The summed E-state index contributed by atoms with van der Waals surface area (Å²) in [6, 6.07) is 0. The van der Waals surface area contributed by atoms with E-state index in [1.54, 1.807) is 6.92 Å². The summed E-state index contributed by atoms with van der Waals surface area (Å²) in [7, 11) is 0. The first-order chi connectivity index (χ1) is 7.00. The van der Waals surface area contributed by atoms with Gasteiger partial charge in [0.25, 0.3) is 6.43 Å². The molecular weight excluding hydrogens is 226 g/mol. The molecule has 0 atom stereocenters. The molecule has 4 nitrogen and oxygen atoms in total. The van der Waals surface area contributed by atoms with E-state index in [0.717, 1.165) is 11.8 Å². The molecule has 1 rings (SSSR count). The topological polar surface area (TPSA) is 55.1 Å². The lowest BCUT2D eigenvalue weighted by molar-refractivity contribution is -0.133. The molecule has 0 saturated heterocycles. The summed E-state index contributed by atoms with van der Waals surface area (Å²) in [4.78, 5) is 14.2. The van der Waals surface area contributed by atoms with Crippen LogP contribution in [0.4, 0.5) is 8.78 Å². The van der Waals surface area contributed by atoms with E-state index in [4.69, 9.17) is 5.11 Å². The van der Waals surface area contributed by atoms with Gasteiger partial charge in [-0.25, -0.2) is 13.8 Å². The van der Waals surface area contributed by atoms with E-state index < -0.39 is 18.9 Å². The van der Waals surface area contributed by atoms with Crippen LogP contribution in [0.1, 0.15) is 5.69 Å². The minimum Gasteiger partial charge on any atom is -0.481 e. The third-order valence-electron chi connectivity index (χ3n) is 1.66. The number of nitrogens with zero attached hydrogens (tertiary/aromatic N) is 2. The number of hydrogen-bond donors (Lipinski definition) is 1. The highest BCUT2D eigenvalue weighted by Gasteiger charge is 2.13. The number of aryl methyl sites for hydroxylation is 1. The quantitative estimate of drug-likeness (QED) is 0.789. The number of carboxylic acids is 1. The summed E-state index contributed by atoms with van der Waals surface area (Å²) < 4.78 is 25.7. The number of rotatable bonds is 5. The fraction of sp³-hybridized carbons (Fsp3) is 0.500. The number of halogens is 2. The molecule has 0 aliphatic heterocycles. The van der Waals surface area contributed by atoms with E-state index in [0.29, 0.717) is 10.9 Å². The molecule has 1 aromatic rings. The number of imidazole rings is 1. The SMILES string of the molecule is Cc1cnc(SCC(=O)O)n1CC(F)F. The Morgan fingerprint density at radius 2 is 2.40 bits per heavy atom. The van der Waals surface area contributed by atoms with Crippen molar-refractivity contribution in [1.29, 1.82) is 0 Å². The highest BCUT2D eigenvalue weighted by molar-refractivity contribution is 7.99. The summed E-state index contributed by atoms with van der Waals surface area (Å²) in [6.07, 6.45) is -1.02. The second-order valence-electron chi connectivity index (χ2n) is 2.87. The molecule has 1 heterocycles. The molecule has 0 aliphatic carbocycles. The predicted octanol–water partition coefficient (Wildman–Crippen LogP) is 1.63. The molecule has 0 amide bonds. The van der Waals surface area contributed by atoms with Gasteiger partial charge in [-0.15, -0.1) is 0 Å². The molecule has 1 aromatic heterocycles. The van der Waals surface area contributed by atoms with Gasteiger partial charge >= 0.3 is 5.97 Å². The monoisotopic (exact) mass is 236 g/mol. The Kier molecular flexibility index (Phi) is 4.07. The highest BCUT2D eigenvalue weighted by atomic mass is 32.2. The van der Waals surface area contributed by atoms with Gasteiger partial charge in [0.05, 0.1) is 12.3 Å². The van der Waals surface area contributed by atoms with E-state index in [1.165, 1.54) is 10.8 Å². The van der Waals surface area contributed by atoms with Crippen LogP contribution < -0.4 is 0 Å². The van der Waals surface area contributed by atoms with Crippen molar-refractivity contribution < 1.29 is 18.7 Å². The maximum absolute atomic E-state index is 12.2. The van der Waals surface area contributed by atoms with E-state index in [9.17, 15) is 13.6 Å². The third-order valence-corrected chi connectivity index (χ3v) is 2.64. The number of alkyl halides is 2. The average molecular weight is 236 g/mol. The zero-order valence-electron chi connectivity index (χ0n) is 7.98. The molecule has 0 radical (unpaired) electrons. The standard InChI is InChI=1S/C8H10F2N2O2S/c1-5-2-11-8(15-4-7(13)14)12(5)3-6(9)10/h2,6H,3-4H2,1H3,(H,13,14). The van der Waals surface area contributed by atoms with Crippen molar-refractivity contribution >= 4 is 17.7 Å². The second kappa shape index (κ2) is 5.11. The first-order valence-corrected chi connectivity index (χ1v) is 5.14. The van der Waals surface area contributed by atoms with Crippen molar-refractivity contribution in [3.63, 3.8) is 0 Å². The molecule has 0 fully saturated rings. The summed E-state index contributed by atoms with van der Waals surface area (Å²) in [5.41, 5.74) is 0.600. The van der Waals surface area contributed by atoms with Crippen molar-refractivity contribution in [3.8, 4) is 0 Å². The molecular formula is C8H10F2N2O2S. The van der Waals surface area contributed by atoms with Crippen LogP contribution in [0.3, 0.4) is 0 Å². The predicted molar refractivity (Wildman–Crippen MR) is 51.3 cm³/mol. The van der Waals surface area contributed by atoms with Crippen molar-refractivity contribution in [2.24, 2.45) is 0 Å². The summed E-state index contributed by atoms with van der Waals surface area (Å²) >= 11 is 0.937. The smallest absolute Gasteiger partial charge is 0.313 e. The van der Waals surface area contributed by atoms with Gasteiger partial charge in [-0.1, -0.05) is 11.8 Å². The van der Waals surface area contributed by atoms with Gasteiger partial charge < -0.3 is 9.67 Å². The molecule has 84 valence electrons. The fourth-order valence-electron chi connectivity index (χ4n) is 1.04. The zero-order valence-corrected chi connectivity index (χ0v) is 8.80. The van der Waals surface area contributed by atoms with Crippen molar-refractivity contribution in [2.45, 2.75) is 25.1 Å². The first kappa shape index (κ1) is 12.0. The van der Waals surface area contributed by atoms with Gasteiger partial charge in [-0.3, -0.25) is 4.79 Å². The second-order valence-corrected chi connectivity index (χ2v) is 3.81. The molecule has 0 aliphatic rings. The number of carboxylic acid groups (broad SMARTS) is 1. The lowest BCUT2D eigenvalue weighted by Crippen LogP contribution is -2.10. The van der Waals surface area contributed by atoms with Crippen molar-refractivity contribution in [1.82, 2.24) is 9.55 Å². The maximum Gasteiger partial charge on any atom is 0.313 e. The Labute approximate surface area is 89.3 Å². The van der Waals surface area contributed by atoms with Crippen LogP contribution in [0.15, 0.2) is 11.4 Å². The van der Waals surface area contributed by atoms with Crippen LogP contribution in [-0.4, -0.2) is 32.8 Å². The lowest BCUT2D eigenvalue weighted by Gasteiger charge is -2.07. The Morgan fingerprint density at radius 1 is 1.73 bits per heavy atom. The molecule has 1 N–H and O–H groups in total. The van der Waals surface area contributed by atoms with E-state index in [2.05, 4.69) is 4.98 Å². The molecule has 0 aromatic carbocycles.